The Labute approximate surface area is 92.7 Å². The van der Waals surface area contributed by atoms with Gasteiger partial charge in [0.2, 0.25) is 0 Å². The minimum atomic E-state index is 0. The first-order valence-electron chi connectivity index (χ1n) is 3.97. The molecule has 0 saturated carbocycles. The number of rotatable bonds is 2. The Bertz CT molecular complexity index is 236. The van der Waals surface area contributed by atoms with Crippen LogP contribution in [0.15, 0.2) is 18.2 Å². The summed E-state index contributed by atoms with van der Waals surface area (Å²) in [5, 5.41) is 0. The summed E-state index contributed by atoms with van der Waals surface area (Å²) < 4.78 is 0. The normalized spacial score (nSPS) is 8.92. The van der Waals surface area contributed by atoms with Crippen LogP contribution in [-0.4, -0.2) is 28.2 Å². The zero-order valence-corrected chi connectivity index (χ0v) is 9.13. The van der Waals surface area contributed by atoms with Gasteiger partial charge in [-0.2, -0.15) is 18.2 Å². The molecule has 0 atom stereocenters. The second-order valence-electron chi connectivity index (χ2n) is 3.24. The second kappa shape index (κ2) is 5.21. The summed E-state index contributed by atoms with van der Waals surface area (Å²) in [6.45, 7) is 0. The molecular formula is C10H15LiN2. The summed E-state index contributed by atoms with van der Waals surface area (Å²) in [7, 11) is 8.12. The van der Waals surface area contributed by atoms with Gasteiger partial charge in [0, 0.05) is 0 Å². The van der Waals surface area contributed by atoms with Crippen LogP contribution in [0.5, 0.6) is 0 Å². The van der Waals surface area contributed by atoms with Crippen LogP contribution < -0.4 is 28.7 Å². The zero-order chi connectivity index (χ0) is 9.14. The molecule has 0 aliphatic heterocycles. The van der Waals surface area contributed by atoms with Gasteiger partial charge >= 0.3 is 18.9 Å². The Morgan fingerprint density at radius 3 is 1.62 bits per heavy atom. The molecule has 0 aliphatic carbocycles. The first kappa shape index (κ1) is 12.4. The van der Waals surface area contributed by atoms with E-state index in [-0.39, 0.29) is 18.9 Å². The fourth-order valence-electron chi connectivity index (χ4n) is 0.964. The second-order valence-corrected chi connectivity index (χ2v) is 3.24. The third kappa shape index (κ3) is 3.34. The van der Waals surface area contributed by atoms with E-state index in [2.05, 4.69) is 21.9 Å². The molecule has 0 saturated heterocycles. The SMILES string of the molecule is CN(C)c1c[c-]cc(N(C)C)c1.[Li+]. The maximum Gasteiger partial charge on any atom is 1.00 e. The first-order valence-corrected chi connectivity index (χ1v) is 3.97. The van der Waals surface area contributed by atoms with Gasteiger partial charge in [-0.15, -0.1) is 6.07 Å². The van der Waals surface area contributed by atoms with E-state index >= 15 is 0 Å². The number of benzene rings is 1. The summed E-state index contributed by atoms with van der Waals surface area (Å²) >= 11 is 0. The third-order valence-corrected chi connectivity index (χ3v) is 1.79. The molecule has 0 unspecified atom stereocenters. The van der Waals surface area contributed by atoms with Gasteiger partial charge in [-0.25, -0.2) is 0 Å². The van der Waals surface area contributed by atoms with Crippen molar-refractivity contribution in [3.63, 3.8) is 0 Å². The Balaban J connectivity index is 0.00000144. The van der Waals surface area contributed by atoms with E-state index in [1.165, 1.54) is 11.4 Å². The van der Waals surface area contributed by atoms with Crippen molar-refractivity contribution >= 4 is 11.4 Å². The molecule has 1 aromatic rings. The average molecular weight is 170 g/mol. The van der Waals surface area contributed by atoms with E-state index in [1.807, 2.05) is 40.3 Å². The fourth-order valence-corrected chi connectivity index (χ4v) is 0.964. The summed E-state index contributed by atoms with van der Waals surface area (Å²) in [6, 6.07) is 9.20. The maximum absolute atomic E-state index is 3.11. The fraction of sp³-hybridized carbons (Fsp3) is 0.400. The van der Waals surface area contributed by atoms with Crippen LogP contribution in [-0.2, 0) is 0 Å². The van der Waals surface area contributed by atoms with Crippen molar-refractivity contribution < 1.29 is 18.9 Å². The van der Waals surface area contributed by atoms with Crippen molar-refractivity contribution in [1.29, 1.82) is 0 Å². The van der Waals surface area contributed by atoms with Crippen molar-refractivity contribution in [3.8, 4) is 0 Å². The quantitative estimate of drug-likeness (QED) is 0.399. The Morgan fingerprint density at radius 2 is 1.31 bits per heavy atom. The van der Waals surface area contributed by atoms with E-state index in [4.69, 9.17) is 0 Å². The van der Waals surface area contributed by atoms with Crippen molar-refractivity contribution in [3.05, 3.63) is 24.3 Å². The van der Waals surface area contributed by atoms with Crippen molar-refractivity contribution in [2.75, 3.05) is 38.0 Å². The van der Waals surface area contributed by atoms with Gasteiger partial charge in [-0.05, 0) is 28.2 Å². The number of anilines is 2. The molecule has 1 aromatic carbocycles. The molecule has 66 valence electrons. The van der Waals surface area contributed by atoms with E-state index in [0.717, 1.165) is 0 Å². The van der Waals surface area contributed by atoms with E-state index < -0.39 is 0 Å². The monoisotopic (exact) mass is 170 g/mol. The van der Waals surface area contributed by atoms with Crippen molar-refractivity contribution in [2.24, 2.45) is 0 Å². The molecule has 0 spiro atoms. The Kier molecular flexibility index (Phi) is 4.98. The molecule has 0 bridgehead atoms. The molecule has 0 radical (unpaired) electrons. The average Bonchev–Trinajstić information content (AvgIpc) is 2.04. The number of hydrogen-bond acceptors (Lipinski definition) is 2. The molecule has 0 N–H and O–H groups in total. The van der Waals surface area contributed by atoms with E-state index in [1.54, 1.807) is 0 Å². The van der Waals surface area contributed by atoms with Gasteiger partial charge in [-0.1, -0.05) is 11.4 Å². The predicted molar refractivity (Wildman–Crippen MR) is 53.9 cm³/mol. The molecule has 13 heavy (non-hydrogen) atoms. The minimum absolute atomic E-state index is 0. The topological polar surface area (TPSA) is 6.48 Å². The molecule has 0 fully saturated rings. The largest absolute Gasteiger partial charge is 1.00 e. The summed E-state index contributed by atoms with van der Waals surface area (Å²) in [6.07, 6.45) is 0. The van der Waals surface area contributed by atoms with Crippen LogP contribution in [0, 0.1) is 6.07 Å². The zero-order valence-electron chi connectivity index (χ0n) is 9.13. The van der Waals surface area contributed by atoms with Crippen LogP contribution >= 0.6 is 0 Å². The molecule has 2 nitrogen and oxygen atoms in total. The van der Waals surface area contributed by atoms with Crippen LogP contribution in [0.4, 0.5) is 11.4 Å². The van der Waals surface area contributed by atoms with Crippen LogP contribution in [0.2, 0.25) is 0 Å². The molecule has 1 rings (SSSR count). The van der Waals surface area contributed by atoms with Gasteiger partial charge in [-0.3, -0.25) is 0 Å². The summed E-state index contributed by atoms with van der Waals surface area (Å²) in [5.41, 5.74) is 2.36. The van der Waals surface area contributed by atoms with Crippen molar-refractivity contribution in [1.82, 2.24) is 0 Å². The van der Waals surface area contributed by atoms with Crippen LogP contribution in [0.1, 0.15) is 0 Å². The predicted octanol–water partition coefficient (Wildman–Crippen LogP) is -1.38. The maximum atomic E-state index is 3.11. The molecule has 0 amide bonds. The van der Waals surface area contributed by atoms with Gasteiger partial charge in [0.25, 0.3) is 0 Å². The molecular weight excluding hydrogens is 155 g/mol. The van der Waals surface area contributed by atoms with Gasteiger partial charge in [0.05, 0.1) is 0 Å². The standard InChI is InChI=1S/C10H15N2.Li/c1-11(2)9-6-5-7-10(8-9)12(3)4;/h6-8H,1-4H3;/q-1;+1. The van der Waals surface area contributed by atoms with Gasteiger partial charge in [0.15, 0.2) is 0 Å². The van der Waals surface area contributed by atoms with Crippen molar-refractivity contribution in [2.45, 2.75) is 0 Å². The van der Waals surface area contributed by atoms with E-state index in [9.17, 15) is 0 Å². The van der Waals surface area contributed by atoms with E-state index in [0.29, 0.717) is 0 Å². The van der Waals surface area contributed by atoms with Crippen LogP contribution in [0.3, 0.4) is 0 Å². The summed E-state index contributed by atoms with van der Waals surface area (Å²) in [4.78, 5) is 4.15. The molecule has 3 heteroatoms. The molecule has 0 heterocycles. The first-order chi connectivity index (χ1) is 5.61. The Hall–Kier alpha value is -0.583. The van der Waals surface area contributed by atoms with Gasteiger partial charge < -0.3 is 9.80 Å². The molecule has 0 aromatic heterocycles. The molecule has 0 aliphatic rings. The number of nitrogens with zero attached hydrogens (tertiary/aromatic N) is 2. The minimum Gasteiger partial charge on any atom is -0.429 e. The smallest absolute Gasteiger partial charge is 0.429 e. The van der Waals surface area contributed by atoms with Gasteiger partial charge in [0.1, 0.15) is 0 Å². The third-order valence-electron chi connectivity index (χ3n) is 1.79. The number of hydrogen-bond donors (Lipinski definition) is 0. The Morgan fingerprint density at radius 1 is 0.923 bits per heavy atom. The summed E-state index contributed by atoms with van der Waals surface area (Å²) in [5.74, 6) is 0. The van der Waals surface area contributed by atoms with Crippen LogP contribution in [0.25, 0.3) is 0 Å².